The average molecular weight is 1120 g/mol. The lowest BCUT2D eigenvalue weighted by Crippen LogP contribution is -2.78. The lowest BCUT2D eigenvalue weighted by atomic mass is 9.45. The topological polar surface area (TPSA) is 140 Å². The molecular weight excluding hydrogens is 1020 g/mol. The van der Waals surface area contributed by atoms with E-state index in [9.17, 15) is 10.2 Å². The molecule has 3 aromatic heterocycles. The van der Waals surface area contributed by atoms with E-state index in [0.717, 1.165) is 173 Å². The third-order valence-electron chi connectivity index (χ3n) is 23.4. The van der Waals surface area contributed by atoms with Crippen LogP contribution in [0.1, 0.15) is 164 Å². The number of aliphatic hydroxyl groups is 2. The highest BCUT2D eigenvalue weighted by Crippen LogP contribution is 2.70. The number of piperidine rings is 1. The molecule has 5 aromatic rings. The van der Waals surface area contributed by atoms with Crippen LogP contribution in [0.5, 0.6) is 0 Å². The molecule has 11 heterocycles. The summed E-state index contributed by atoms with van der Waals surface area (Å²) in [5.74, 6) is -0.0837. The number of para-hydroxylation sites is 2. The highest BCUT2D eigenvalue weighted by atomic mass is 16.6. The van der Waals surface area contributed by atoms with E-state index >= 15 is 0 Å². The predicted molar refractivity (Wildman–Crippen MR) is 335 cm³/mol. The summed E-state index contributed by atoms with van der Waals surface area (Å²) in [5, 5.41) is 45.1. The van der Waals surface area contributed by atoms with Gasteiger partial charge in [0.2, 0.25) is 0 Å². The lowest BCUT2D eigenvalue weighted by molar-refractivity contribution is -0.238. The number of aromatic nitrogens is 3. The molecule has 0 amide bonds. The normalized spacial score (nSPS) is 39.0. The van der Waals surface area contributed by atoms with Crippen LogP contribution < -0.4 is 16.0 Å². The quantitative estimate of drug-likeness (QED) is 0.0695. The van der Waals surface area contributed by atoms with E-state index in [1.807, 2.05) is 0 Å². The van der Waals surface area contributed by atoms with Crippen LogP contribution >= 0.6 is 0 Å². The van der Waals surface area contributed by atoms with Crippen LogP contribution in [-0.4, -0.2) is 122 Å². The Bertz CT molecular complexity index is 3300. The van der Waals surface area contributed by atoms with E-state index in [1.54, 1.807) is 5.57 Å². The maximum absolute atomic E-state index is 14.3. The van der Waals surface area contributed by atoms with Crippen molar-refractivity contribution in [2.75, 3.05) is 45.8 Å². The summed E-state index contributed by atoms with van der Waals surface area (Å²) in [6.45, 7) is 6.54. The summed E-state index contributed by atoms with van der Waals surface area (Å²) in [7, 11) is 0. The summed E-state index contributed by atoms with van der Waals surface area (Å²) in [4.78, 5) is 19.6. The number of ether oxygens (including phenoxy) is 1. The van der Waals surface area contributed by atoms with E-state index in [-0.39, 0.29) is 70.4 Å². The highest BCUT2D eigenvalue weighted by Gasteiger charge is 2.77. The van der Waals surface area contributed by atoms with E-state index in [2.05, 4.69) is 151 Å². The summed E-state index contributed by atoms with van der Waals surface area (Å²) < 4.78 is 7.83. The van der Waals surface area contributed by atoms with Crippen molar-refractivity contribution >= 4 is 32.7 Å². The van der Waals surface area contributed by atoms with Crippen LogP contribution in [0, 0.1) is 28.6 Å². The predicted octanol–water partition coefficient (Wildman–Crippen LogP) is 12.5. The van der Waals surface area contributed by atoms with Gasteiger partial charge in [0.15, 0.2) is 0 Å². The SMILES string of the molecule is OC1C(C2NCCc3c2[nH]c2ccccc32)C2CC(C3=CN4CCCCC=CCCC56OC5C(c5nccc7c5[nH]c5ccccc57)C3C3(CCC=CCCCCNC36)C4)N3CCCCC=CCCC1(O)C1NCCCCC=CCCC21C3. The van der Waals surface area contributed by atoms with Crippen molar-refractivity contribution in [1.29, 1.82) is 0 Å². The molecule has 7 N–H and O–H groups in total. The Balaban J connectivity index is 0.972. The second kappa shape index (κ2) is 22.8. The van der Waals surface area contributed by atoms with Gasteiger partial charge in [-0.25, -0.2) is 0 Å². The summed E-state index contributed by atoms with van der Waals surface area (Å²) in [6, 6.07) is 19.8. The van der Waals surface area contributed by atoms with Crippen LogP contribution in [0.4, 0.5) is 0 Å². The van der Waals surface area contributed by atoms with Gasteiger partial charge in [-0.15, -0.1) is 0 Å². The first kappa shape index (κ1) is 54.8. The van der Waals surface area contributed by atoms with Crippen molar-refractivity contribution in [1.82, 2.24) is 40.7 Å². The molecule has 0 radical (unpaired) electrons. The highest BCUT2D eigenvalue weighted by molar-refractivity contribution is 6.08. The van der Waals surface area contributed by atoms with Crippen molar-refractivity contribution in [3.05, 3.63) is 138 Å². The van der Waals surface area contributed by atoms with E-state index in [0.29, 0.717) is 6.42 Å². The molecule has 2 saturated carbocycles. The molecule has 15 rings (SSSR count). The minimum atomic E-state index is -1.36. The van der Waals surface area contributed by atoms with Gasteiger partial charge in [0.05, 0.1) is 29.5 Å². The standard InChI is InChI=1S/C72H94N8O3/c81-65-58(63-61-51(33-41-73-63)49-29-17-19-31-55(49)77-61)54-45-57(80-44-28-16-8-3-11-23-37-71(65,82)67-69(54,48-80)35-21-9-1-5-13-25-39-75-67)53-46-79-43-27-15-7-4-12-24-38-72-66(83-72)59(64-62-52(34-42-74-64)50-30-18-20-32-56(50)78-62)60(53)70(47-79)36-22-10-2-6-14-26-40-76-68(70)72/h1-4,9-12,17-20,29-32,34,42,46,54,57-60,63,65-68,73,75-78,81-82H,5-8,13-16,21-28,33,35-41,43-45,47-48H2. The van der Waals surface area contributed by atoms with E-state index in [1.165, 1.54) is 57.0 Å². The maximum atomic E-state index is 14.3. The smallest absolute Gasteiger partial charge is 0.112 e. The Kier molecular flexibility index (Phi) is 15.0. The molecule has 4 fully saturated rings. The van der Waals surface area contributed by atoms with Crippen molar-refractivity contribution in [2.45, 2.75) is 195 Å². The second-order valence-corrected chi connectivity index (χ2v) is 27.7. The van der Waals surface area contributed by atoms with Gasteiger partial charge in [0.25, 0.3) is 0 Å². The number of aliphatic hydroxyl groups excluding tert-OH is 1. The number of hydrogen-bond donors (Lipinski definition) is 7. The Morgan fingerprint density at radius 2 is 1.25 bits per heavy atom. The number of hydrogen-bond acceptors (Lipinski definition) is 9. The Hall–Kier alpha value is -4.85. The molecule has 10 aliphatic rings. The fourth-order valence-corrected chi connectivity index (χ4v) is 19.9. The monoisotopic (exact) mass is 1120 g/mol. The van der Waals surface area contributed by atoms with Gasteiger partial charge >= 0.3 is 0 Å². The number of rotatable bonds is 3. The number of benzene rings is 2. The molecule has 440 valence electrons. The van der Waals surface area contributed by atoms with Crippen molar-refractivity contribution < 1.29 is 14.9 Å². The van der Waals surface area contributed by atoms with Crippen LogP contribution in [-0.2, 0) is 11.2 Å². The molecule has 11 nitrogen and oxygen atoms in total. The minimum Gasteiger partial charge on any atom is -0.390 e. The van der Waals surface area contributed by atoms with Gasteiger partial charge in [0, 0.05) is 112 Å². The van der Waals surface area contributed by atoms with Crippen LogP contribution in [0.25, 0.3) is 32.7 Å². The number of aromatic amines is 2. The van der Waals surface area contributed by atoms with Crippen LogP contribution in [0.3, 0.4) is 0 Å². The van der Waals surface area contributed by atoms with Gasteiger partial charge in [-0.1, -0.05) is 85.0 Å². The number of fused-ring (bicyclic) bond motifs is 8. The molecule has 11 heteroatoms. The molecule has 83 heavy (non-hydrogen) atoms. The first-order valence-electron chi connectivity index (χ1n) is 33.4. The number of nitrogens with zero attached hydrogens (tertiary/aromatic N) is 3. The molecular formula is C72H94N8O3. The number of H-pyrrole nitrogens is 2. The van der Waals surface area contributed by atoms with Crippen LogP contribution in [0.15, 0.2) is 121 Å². The first-order chi connectivity index (χ1) is 40.9. The van der Waals surface area contributed by atoms with Gasteiger partial charge < -0.3 is 45.8 Å². The molecule has 8 aliphatic heterocycles. The fourth-order valence-electron chi connectivity index (χ4n) is 19.9. The Morgan fingerprint density at radius 1 is 0.602 bits per heavy atom. The van der Waals surface area contributed by atoms with E-state index < -0.39 is 11.7 Å². The third-order valence-corrected chi connectivity index (χ3v) is 23.4. The van der Waals surface area contributed by atoms with Crippen LogP contribution in [0.2, 0.25) is 0 Å². The Labute approximate surface area is 493 Å². The van der Waals surface area contributed by atoms with Gasteiger partial charge in [0.1, 0.15) is 11.2 Å². The minimum absolute atomic E-state index is 0.00196. The van der Waals surface area contributed by atoms with Crippen molar-refractivity contribution in [3.63, 3.8) is 0 Å². The fraction of sp³-hybridized carbons (Fsp3) is 0.597. The molecule has 15 unspecified atom stereocenters. The molecule has 15 atom stereocenters. The summed E-state index contributed by atoms with van der Waals surface area (Å²) in [5.41, 5.74) is 6.60. The summed E-state index contributed by atoms with van der Waals surface area (Å²) in [6.07, 6.45) is 46.1. The maximum Gasteiger partial charge on any atom is 0.112 e. The zero-order valence-electron chi connectivity index (χ0n) is 49.4. The lowest BCUT2D eigenvalue weighted by Gasteiger charge is -2.68. The number of pyridine rings is 1. The van der Waals surface area contributed by atoms with Gasteiger partial charge in [-0.2, -0.15) is 0 Å². The molecule has 3 spiro atoms. The molecule has 2 aliphatic carbocycles. The van der Waals surface area contributed by atoms with Gasteiger partial charge in [-0.3, -0.25) is 9.88 Å². The third kappa shape index (κ3) is 9.33. The average Bonchev–Trinajstić information content (AvgIpc) is 1.66. The molecule has 2 aromatic carbocycles. The summed E-state index contributed by atoms with van der Waals surface area (Å²) >= 11 is 0. The first-order valence-corrected chi connectivity index (χ1v) is 33.4. The largest absolute Gasteiger partial charge is 0.390 e. The van der Waals surface area contributed by atoms with Crippen molar-refractivity contribution in [2.24, 2.45) is 28.6 Å². The van der Waals surface area contributed by atoms with E-state index in [4.69, 9.17) is 9.72 Å². The zero-order chi connectivity index (χ0) is 55.6. The number of allylic oxidation sites excluding steroid dienone is 8. The van der Waals surface area contributed by atoms with Gasteiger partial charge in [-0.05, 0) is 203 Å². The zero-order valence-corrected chi connectivity index (χ0v) is 49.4. The second-order valence-electron chi connectivity index (χ2n) is 27.7. The molecule has 2 saturated heterocycles. The number of epoxide rings is 1. The number of nitrogens with one attached hydrogen (secondary N) is 5. The van der Waals surface area contributed by atoms with Crippen molar-refractivity contribution in [3.8, 4) is 0 Å². The Morgan fingerprint density at radius 3 is 2.02 bits per heavy atom. The molecule has 6 bridgehead atoms.